The molecule has 0 aliphatic heterocycles. The fourth-order valence-corrected chi connectivity index (χ4v) is 2.19. The van der Waals surface area contributed by atoms with Crippen LogP contribution in [0.15, 0.2) is 24.3 Å². The Bertz CT molecular complexity index is 471. The van der Waals surface area contributed by atoms with Crippen molar-refractivity contribution in [3.05, 3.63) is 29.8 Å². The SMILES string of the molecule is CCCCCCOC(CC)(OCCC)OC(=O)c1ccc(O)cc1. The van der Waals surface area contributed by atoms with Crippen LogP contribution in [0.2, 0.25) is 0 Å². The highest BCUT2D eigenvalue weighted by molar-refractivity contribution is 5.89. The van der Waals surface area contributed by atoms with Gasteiger partial charge in [-0.05, 0) is 37.1 Å². The third-order valence-electron chi connectivity index (χ3n) is 3.63. The van der Waals surface area contributed by atoms with E-state index in [9.17, 15) is 9.90 Å². The molecule has 0 bridgehead atoms. The fraction of sp³-hybridized carbons (Fsp3) is 0.632. The van der Waals surface area contributed by atoms with Crippen molar-refractivity contribution in [3.63, 3.8) is 0 Å². The smallest absolute Gasteiger partial charge is 0.342 e. The first-order valence-corrected chi connectivity index (χ1v) is 8.87. The molecule has 0 saturated carbocycles. The minimum atomic E-state index is -1.35. The molecule has 0 spiro atoms. The zero-order valence-corrected chi connectivity index (χ0v) is 15.0. The normalized spacial score (nSPS) is 13.5. The number of rotatable bonds is 12. The highest BCUT2D eigenvalue weighted by Crippen LogP contribution is 2.24. The molecule has 136 valence electrons. The van der Waals surface area contributed by atoms with Crippen LogP contribution < -0.4 is 0 Å². The summed E-state index contributed by atoms with van der Waals surface area (Å²) >= 11 is 0. The molecule has 0 radical (unpaired) electrons. The van der Waals surface area contributed by atoms with E-state index < -0.39 is 11.9 Å². The third kappa shape index (κ3) is 6.89. The van der Waals surface area contributed by atoms with E-state index in [0.29, 0.717) is 25.2 Å². The molecular formula is C19H30O5. The number of benzene rings is 1. The van der Waals surface area contributed by atoms with Gasteiger partial charge in [-0.25, -0.2) is 4.79 Å². The Kier molecular flexibility index (Phi) is 9.42. The number of phenolic OH excluding ortho intramolecular Hbond substituents is 1. The Morgan fingerprint density at radius 3 is 2.21 bits per heavy atom. The Morgan fingerprint density at radius 2 is 1.62 bits per heavy atom. The van der Waals surface area contributed by atoms with Gasteiger partial charge in [-0.2, -0.15) is 0 Å². The second kappa shape index (κ2) is 11.0. The molecule has 1 atom stereocenters. The van der Waals surface area contributed by atoms with E-state index in [1.807, 2.05) is 13.8 Å². The summed E-state index contributed by atoms with van der Waals surface area (Å²) in [5.41, 5.74) is 0.348. The number of esters is 1. The first-order valence-electron chi connectivity index (χ1n) is 8.87. The monoisotopic (exact) mass is 338 g/mol. The van der Waals surface area contributed by atoms with Crippen molar-refractivity contribution in [2.24, 2.45) is 0 Å². The standard InChI is InChI=1S/C19H30O5/c1-4-7-8-9-15-23-19(6-3,22-14-5-2)24-18(21)16-10-12-17(20)13-11-16/h10-13,20H,4-9,14-15H2,1-3H3. The van der Waals surface area contributed by atoms with Crippen LogP contribution in [0.1, 0.15) is 69.7 Å². The zero-order valence-electron chi connectivity index (χ0n) is 15.0. The van der Waals surface area contributed by atoms with E-state index >= 15 is 0 Å². The number of hydrogen-bond acceptors (Lipinski definition) is 5. The zero-order chi connectivity index (χ0) is 17.8. The highest BCUT2D eigenvalue weighted by Gasteiger charge is 2.35. The maximum Gasteiger partial charge on any atom is 0.342 e. The summed E-state index contributed by atoms with van der Waals surface area (Å²) in [5.74, 6) is -1.78. The fourth-order valence-electron chi connectivity index (χ4n) is 2.19. The predicted molar refractivity (Wildman–Crippen MR) is 92.9 cm³/mol. The van der Waals surface area contributed by atoms with E-state index in [4.69, 9.17) is 14.2 Å². The van der Waals surface area contributed by atoms with Crippen molar-refractivity contribution < 1.29 is 24.1 Å². The number of carbonyl (C=O) groups excluding carboxylic acids is 1. The topological polar surface area (TPSA) is 65.0 Å². The van der Waals surface area contributed by atoms with Crippen LogP contribution in [0, 0.1) is 0 Å². The van der Waals surface area contributed by atoms with Gasteiger partial charge in [0.25, 0.3) is 0 Å². The average Bonchev–Trinajstić information content (AvgIpc) is 2.59. The molecule has 24 heavy (non-hydrogen) atoms. The third-order valence-corrected chi connectivity index (χ3v) is 3.63. The minimum Gasteiger partial charge on any atom is -0.508 e. The van der Waals surface area contributed by atoms with Crippen LogP contribution in [0.5, 0.6) is 5.75 Å². The van der Waals surface area contributed by atoms with Crippen LogP contribution in [0.4, 0.5) is 0 Å². The van der Waals surface area contributed by atoms with Gasteiger partial charge in [0, 0.05) is 6.42 Å². The molecule has 1 unspecified atom stereocenters. The Balaban J connectivity index is 2.71. The summed E-state index contributed by atoms with van der Waals surface area (Å²) in [6.07, 6.45) is 5.51. The second-order valence-corrected chi connectivity index (χ2v) is 5.73. The molecule has 0 aliphatic carbocycles. The summed E-state index contributed by atoms with van der Waals surface area (Å²) in [6, 6.07) is 5.92. The second-order valence-electron chi connectivity index (χ2n) is 5.73. The van der Waals surface area contributed by atoms with E-state index in [1.165, 1.54) is 24.3 Å². The summed E-state index contributed by atoms with van der Waals surface area (Å²) in [4.78, 5) is 12.4. The van der Waals surface area contributed by atoms with Crippen molar-refractivity contribution in [2.75, 3.05) is 13.2 Å². The van der Waals surface area contributed by atoms with Crippen LogP contribution in [0.25, 0.3) is 0 Å². The van der Waals surface area contributed by atoms with E-state index in [0.717, 1.165) is 32.1 Å². The summed E-state index contributed by atoms with van der Waals surface area (Å²) < 4.78 is 17.1. The van der Waals surface area contributed by atoms with E-state index in [1.54, 1.807) is 0 Å². The van der Waals surface area contributed by atoms with Crippen LogP contribution in [-0.4, -0.2) is 30.3 Å². The molecule has 0 saturated heterocycles. The minimum absolute atomic E-state index is 0.0997. The number of phenols is 1. The van der Waals surface area contributed by atoms with Crippen molar-refractivity contribution in [3.8, 4) is 5.75 Å². The molecule has 0 heterocycles. The lowest BCUT2D eigenvalue weighted by atomic mass is 10.2. The van der Waals surface area contributed by atoms with Gasteiger partial charge in [0.05, 0.1) is 18.8 Å². The average molecular weight is 338 g/mol. The summed E-state index contributed by atoms with van der Waals surface area (Å²) in [7, 11) is 0. The lowest BCUT2D eigenvalue weighted by Gasteiger charge is -2.31. The summed E-state index contributed by atoms with van der Waals surface area (Å²) in [5, 5.41) is 9.32. The van der Waals surface area contributed by atoms with Crippen molar-refractivity contribution in [2.45, 2.75) is 65.3 Å². The molecule has 1 N–H and O–H groups in total. The maximum absolute atomic E-state index is 12.4. The Hall–Kier alpha value is -1.59. The lowest BCUT2D eigenvalue weighted by molar-refractivity contribution is -0.357. The molecule has 0 aliphatic rings. The number of ether oxygens (including phenoxy) is 3. The maximum atomic E-state index is 12.4. The highest BCUT2D eigenvalue weighted by atomic mass is 16.9. The number of unbranched alkanes of at least 4 members (excludes halogenated alkanes) is 3. The van der Waals surface area contributed by atoms with Gasteiger partial charge in [0.1, 0.15) is 5.75 Å². The Morgan fingerprint density at radius 1 is 0.958 bits per heavy atom. The Labute approximate surface area is 144 Å². The molecular weight excluding hydrogens is 308 g/mol. The molecule has 5 heteroatoms. The molecule has 1 aromatic carbocycles. The van der Waals surface area contributed by atoms with Crippen LogP contribution in [-0.2, 0) is 14.2 Å². The predicted octanol–water partition coefficient (Wildman–Crippen LogP) is 4.64. The van der Waals surface area contributed by atoms with Crippen LogP contribution >= 0.6 is 0 Å². The van der Waals surface area contributed by atoms with Crippen molar-refractivity contribution in [1.29, 1.82) is 0 Å². The van der Waals surface area contributed by atoms with Gasteiger partial charge < -0.3 is 19.3 Å². The molecule has 5 nitrogen and oxygen atoms in total. The van der Waals surface area contributed by atoms with E-state index in [-0.39, 0.29) is 5.75 Å². The number of carbonyl (C=O) groups is 1. The first-order chi connectivity index (χ1) is 11.6. The van der Waals surface area contributed by atoms with Gasteiger partial charge in [0.2, 0.25) is 0 Å². The van der Waals surface area contributed by atoms with Gasteiger partial charge >= 0.3 is 11.9 Å². The molecule has 1 rings (SSSR count). The molecule has 0 aromatic heterocycles. The van der Waals surface area contributed by atoms with E-state index in [2.05, 4.69) is 6.92 Å². The lowest BCUT2D eigenvalue weighted by Crippen LogP contribution is -2.41. The first kappa shape index (κ1) is 20.5. The van der Waals surface area contributed by atoms with Crippen molar-refractivity contribution in [1.82, 2.24) is 0 Å². The van der Waals surface area contributed by atoms with Gasteiger partial charge in [-0.1, -0.05) is 40.0 Å². The van der Waals surface area contributed by atoms with Crippen molar-refractivity contribution >= 4 is 5.97 Å². The largest absolute Gasteiger partial charge is 0.508 e. The van der Waals surface area contributed by atoms with Gasteiger partial charge in [-0.3, -0.25) is 0 Å². The van der Waals surface area contributed by atoms with Crippen LogP contribution in [0.3, 0.4) is 0 Å². The molecule has 0 amide bonds. The number of hydrogen-bond donors (Lipinski definition) is 1. The number of aromatic hydroxyl groups is 1. The van der Waals surface area contributed by atoms with Gasteiger partial charge in [-0.15, -0.1) is 0 Å². The summed E-state index contributed by atoms with van der Waals surface area (Å²) in [6.45, 7) is 6.95. The molecule has 0 fully saturated rings. The quantitative estimate of drug-likeness (QED) is 0.342. The molecule has 1 aromatic rings. The van der Waals surface area contributed by atoms with Gasteiger partial charge in [0.15, 0.2) is 0 Å².